The number of hydrogen-bond acceptors (Lipinski definition) is 2. The molecule has 2 nitrogen and oxygen atoms in total. The Balaban J connectivity index is 1.30. The van der Waals surface area contributed by atoms with Crippen LogP contribution in [0.15, 0.2) is 97.1 Å². The van der Waals surface area contributed by atoms with Crippen molar-refractivity contribution in [2.45, 2.75) is 65.6 Å². The molecule has 0 saturated carbocycles. The summed E-state index contributed by atoms with van der Waals surface area (Å²) in [7, 11) is 0. The van der Waals surface area contributed by atoms with E-state index in [9.17, 15) is 0 Å². The normalized spacial score (nSPS) is 11.8. The molecule has 0 radical (unpaired) electrons. The summed E-state index contributed by atoms with van der Waals surface area (Å²) in [6.07, 6.45) is 0. The Labute approximate surface area is 216 Å². The second-order valence-electron chi connectivity index (χ2n) is 11.5. The van der Waals surface area contributed by atoms with E-state index < -0.39 is 0 Å². The van der Waals surface area contributed by atoms with Crippen LogP contribution >= 0.6 is 0 Å². The van der Waals surface area contributed by atoms with Gasteiger partial charge in [0.25, 0.3) is 0 Å². The van der Waals surface area contributed by atoms with Crippen LogP contribution in [-0.4, -0.2) is 0 Å². The Morgan fingerprint density at radius 3 is 1.00 bits per heavy atom. The average Bonchev–Trinajstić information content (AvgIpc) is 2.86. The van der Waals surface area contributed by atoms with Crippen molar-refractivity contribution in [2.75, 3.05) is 0 Å². The Kier molecular flexibility index (Phi) is 7.54. The van der Waals surface area contributed by atoms with Crippen LogP contribution in [0, 0.1) is 0 Å². The lowest BCUT2D eigenvalue weighted by Gasteiger charge is -2.19. The van der Waals surface area contributed by atoms with Crippen LogP contribution in [0.2, 0.25) is 0 Å². The van der Waals surface area contributed by atoms with Gasteiger partial charge in [0.15, 0.2) is 0 Å². The Hall–Kier alpha value is -3.52. The van der Waals surface area contributed by atoms with E-state index in [0.717, 1.165) is 22.6 Å². The molecule has 0 heterocycles. The molecule has 0 saturated heterocycles. The summed E-state index contributed by atoms with van der Waals surface area (Å²) in [5, 5.41) is 0. The smallest absolute Gasteiger partial charge is 0.119 e. The molecule has 0 aliphatic rings. The lowest BCUT2D eigenvalue weighted by atomic mass is 9.87. The summed E-state index contributed by atoms with van der Waals surface area (Å²) in [6, 6.07) is 34.0. The molecule has 0 unspecified atom stereocenters. The highest BCUT2D eigenvalue weighted by molar-refractivity contribution is 5.64. The van der Waals surface area contributed by atoms with Crippen molar-refractivity contribution in [3.8, 4) is 22.6 Å². The van der Waals surface area contributed by atoms with E-state index in [-0.39, 0.29) is 10.8 Å². The first kappa shape index (κ1) is 25.6. The average molecular weight is 479 g/mol. The topological polar surface area (TPSA) is 18.5 Å². The van der Waals surface area contributed by atoms with Crippen LogP contribution in [0.3, 0.4) is 0 Å². The summed E-state index contributed by atoms with van der Waals surface area (Å²) < 4.78 is 12.0. The molecular formula is C34H38O2. The number of rotatable bonds is 7. The van der Waals surface area contributed by atoms with Crippen molar-refractivity contribution < 1.29 is 9.47 Å². The van der Waals surface area contributed by atoms with E-state index in [2.05, 4.69) is 139 Å². The molecule has 0 N–H and O–H groups in total. The molecular weight excluding hydrogens is 440 g/mol. The summed E-state index contributed by atoms with van der Waals surface area (Å²) in [5.74, 6) is 1.80. The Morgan fingerprint density at radius 1 is 0.417 bits per heavy atom. The molecule has 0 spiro atoms. The van der Waals surface area contributed by atoms with Gasteiger partial charge < -0.3 is 9.47 Å². The van der Waals surface area contributed by atoms with Gasteiger partial charge in [0.05, 0.1) is 0 Å². The largest absolute Gasteiger partial charge is 0.489 e. The molecule has 4 aromatic carbocycles. The highest BCUT2D eigenvalue weighted by Crippen LogP contribution is 2.27. The second kappa shape index (κ2) is 10.6. The van der Waals surface area contributed by atoms with E-state index in [1.165, 1.54) is 22.3 Å². The SMILES string of the molecule is CC(C)(C)c1ccc(OCc2ccc(-c3ccc(COc4ccc(C(C)(C)C)cc4)cc3)cc2)cc1. The molecule has 0 bridgehead atoms. The molecule has 0 atom stereocenters. The fourth-order valence-corrected chi connectivity index (χ4v) is 4.02. The lowest BCUT2D eigenvalue weighted by molar-refractivity contribution is 0.306. The third-order valence-corrected chi connectivity index (χ3v) is 6.49. The zero-order valence-electron chi connectivity index (χ0n) is 22.5. The van der Waals surface area contributed by atoms with Gasteiger partial charge in [-0.15, -0.1) is 0 Å². The van der Waals surface area contributed by atoms with E-state index in [0.29, 0.717) is 13.2 Å². The summed E-state index contributed by atoms with van der Waals surface area (Å²) in [6.45, 7) is 14.4. The maximum absolute atomic E-state index is 5.99. The molecule has 2 heteroatoms. The van der Waals surface area contributed by atoms with Gasteiger partial charge in [0, 0.05) is 0 Å². The minimum absolute atomic E-state index is 0.151. The Bertz CT molecular complexity index is 1130. The van der Waals surface area contributed by atoms with Crippen LogP contribution in [-0.2, 0) is 24.0 Å². The first-order valence-corrected chi connectivity index (χ1v) is 12.7. The summed E-state index contributed by atoms with van der Waals surface area (Å²) >= 11 is 0. The number of hydrogen-bond donors (Lipinski definition) is 0. The van der Waals surface area contributed by atoms with E-state index in [4.69, 9.17) is 9.47 Å². The zero-order valence-corrected chi connectivity index (χ0v) is 22.5. The van der Waals surface area contributed by atoms with Crippen molar-refractivity contribution in [3.05, 3.63) is 119 Å². The van der Waals surface area contributed by atoms with E-state index in [1.807, 2.05) is 0 Å². The minimum atomic E-state index is 0.151. The van der Waals surface area contributed by atoms with Gasteiger partial charge in [-0.2, -0.15) is 0 Å². The third-order valence-electron chi connectivity index (χ3n) is 6.49. The van der Waals surface area contributed by atoms with Crippen LogP contribution in [0.1, 0.15) is 63.8 Å². The second-order valence-corrected chi connectivity index (χ2v) is 11.5. The zero-order chi connectivity index (χ0) is 25.8. The molecule has 0 aliphatic carbocycles. The van der Waals surface area contributed by atoms with Crippen LogP contribution in [0.25, 0.3) is 11.1 Å². The molecule has 0 aromatic heterocycles. The van der Waals surface area contributed by atoms with Gasteiger partial charge in [0.1, 0.15) is 24.7 Å². The maximum atomic E-state index is 5.99. The van der Waals surface area contributed by atoms with Crippen molar-refractivity contribution in [1.82, 2.24) is 0 Å². The monoisotopic (exact) mass is 478 g/mol. The Morgan fingerprint density at radius 2 is 0.722 bits per heavy atom. The van der Waals surface area contributed by atoms with E-state index >= 15 is 0 Å². The van der Waals surface area contributed by atoms with Gasteiger partial charge in [0.2, 0.25) is 0 Å². The number of benzene rings is 4. The van der Waals surface area contributed by atoms with E-state index in [1.54, 1.807) is 0 Å². The predicted octanol–water partition coefficient (Wildman–Crippen LogP) is 9.11. The molecule has 186 valence electrons. The molecule has 0 fully saturated rings. The van der Waals surface area contributed by atoms with Gasteiger partial charge in [-0.05, 0) is 68.5 Å². The van der Waals surface area contributed by atoms with Crippen LogP contribution < -0.4 is 9.47 Å². The molecule has 36 heavy (non-hydrogen) atoms. The molecule has 0 amide bonds. The van der Waals surface area contributed by atoms with Crippen molar-refractivity contribution in [2.24, 2.45) is 0 Å². The highest BCUT2D eigenvalue weighted by atomic mass is 16.5. The van der Waals surface area contributed by atoms with Crippen molar-refractivity contribution in [3.63, 3.8) is 0 Å². The highest BCUT2D eigenvalue weighted by Gasteiger charge is 2.14. The van der Waals surface area contributed by atoms with Gasteiger partial charge in [-0.3, -0.25) is 0 Å². The predicted molar refractivity (Wildman–Crippen MR) is 151 cm³/mol. The minimum Gasteiger partial charge on any atom is -0.489 e. The maximum Gasteiger partial charge on any atom is 0.119 e. The quantitative estimate of drug-likeness (QED) is 0.264. The molecule has 0 aliphatic heterocycles. The third kappa shape index (κ3) is 6.79. The first-order valence-electron chi connectivity index (χ1n) is 12.7. The summed E-state index contributed by atoms with van der Waals surface area (Å²) in [5.41, 5.74) is 7.62. The van der Waals surface area contributed by atoms with Gasteiger partial charge in [-0.25, -0.2) is 0 Å². The molecule has 4 rings (SSSR count). The molecule has 4 aromatic rings. The van der Waals surface area contributed by atoms with Crippen LogP contribution in [0.5, 0.6) is 11.5 Å². The fourth-order valence-electron chi connectivity index (χ4n) is 4.02. The van der Waals surface area contributed by atoms with Gasteiger partial charge >= 0.3 is 0 Å². The fraction of sp³-hybridized carbons (Fsp3) is 0.294. The van der Waals surface area contributed by atoms with Crippen molar-refractivity contribution >= 4 is 0 Å². The number of ether oxygens (including phenoxy) is 2. The standard InChI is InChI=1S/C34H38O2/c1-33(2,3)29-15-19-31(20-16-29)35-23-25-7-11-27(12-8-25)28-13-9-26(10-14-28)24-36-32-21-17-30(18-22-32)34(4,5)6/h7-22H,23-24H2,1-6H3. The van der Waals surface area contributed by atoms with Crippen molar-refractivity contribution in [1.29, 1.82) is 0 Å². The first-order chi connectivity index (χ1) is 17.1. The van der Waals surface area contributed by atoms with Crippen LogP contribution in [0.4, 0.5) is 0 Å². The summed E-state index contributed by atoms with van der Waals surface area (Å²) in [4.78, 5) is 0. The lowest BCUT2D eigenvalue weighted by Crippen LogP contribution is -2.10. The van der Waals surface area contributed by atoms with Gasteiger partial charge in [-0.1, -0.05) is 114 Å².